The van der Waals surface area contributed by atoms with Gasteiger partial charge in [0.25, 0.3) is 5.78 Å². The second kappa shape index (κ2) is 8.93. The zero-order chi connectivity index (χ0) is 21.8. The first-order chi connectivity index (χ1) is 15.0. The average Bonchev–Trinajstić information content (AvgIpc) is 3.19. The van der Waals surface area contributed by atoms with Gasteiger partial charge in [0.15, 0.2) is 0 Å². The Morgan fingerprint density at radius 3 is 2.74 bits per heavy atom. The third-order valence-corrected chi connectivity index (χ3v) is 4.67. The van der Waals surface area contributed by atoms with Crippen LogP contribution in [-0.4, -0.2) is 31.7 Å². The average molecular weight is 435 g/mol. The zero-order valence-corrected chi connectivity index (χ0v) is 17.7. The molecule has 0 bridgehead atoms. The molecule has 0 saturated carbocycles. The molecule has 0 saturated heterocycles. The quantitative estimate of drug-likeness (QED) is 0.368. The zero-order valence-electron chi connectivity index (χ0n) is 16.9. The summed E-state index contributed by atoms with van der Waals surface area (Å²) in [5, 5.41) is 8.89. The first kappa shape index (κ1) is 20.5. The first-order valence-corrected chi connectivity index (χ1v) is 9.88. The smallest absolute Gasteiger partial charge is 0.311 e. The first-order valence-electron chi connectivity index (χ1n) is 9.50. The van der Waals surface area contributed by atoms with Gasteiger partial charge in [-0.05, 0) is 49.7 Å². The monoisotopic (exact) mass is 434 g/mol. The number of halogens is 1. The van der Waals surface area contributed by atoms with Gasteiger partial charge in [0, 0.05) is 22.0 Å². The summed E-state index contributed by atoms with van der Waals surface area (Å²) < 4.78 is 7.41. The van der Waals surface area contributed by atoms with Gasteiger partial charge in [-0.3, -0.25) is 4.79 Å². The van der Waals surface area contributed by atoms with Gasteiger partial charge >= 0.3 is 5.91 Å². The third kappa shape index (κ3) is 4.87. The number of benzene rings is 2. The van der Waals surface area contributed by atoms with Crippen molar-refractivity contribution in [3.05, 3.63) is 88.0 Å². The fraction of sp³-hybridized carbons (Fsp3) is 0.136. The lowest BCUT2D eigenvalue weighted by Crippen LogP contribution is -2.19. The normalized spacial score (nSPS) is 11.2. The molecule has 156 valence electrons. The summed E-state index contributed by atoms with van der Waals surface area (Å²) in [5.41, 5.74) is 5.79. The van der Waals surface area contributed by atoms with E-state index in [1.165, 1.54) is 10.7 Å². The van der Waals surface area contributed by atoms with Crippen molar-refractivity contribution >= 4 is 29.5 Å². The molecular formula is C22H19ClN6O2. The van der Waals surface area contributed by atoms with Crippen molar-refractivity contribution in [3.8, 4) is 5.75 Å². The minimum absolute atomic E-state index is 0.00868. The van der Waals surface area contributed by atoms with E-state index in [2.05, 4.69) is 25.6 Å². The largest absolute Gasteiger partial charge is 0.488 e. The van der Waals surface area contributed by atoms with Gasteiger partial charge in [0.05, 0.1) is 6.21 Å². The van der Waals surface area contributed by atoms with Gasteiger partial charge in [-0.1, -0.05) is 35.9 Å². The highest BCUT2D eigenvalue weighted by molar-refractivity contribution is 6.30. The molecule has 1 amide bonds. The van der Waals surface area contributed by atoms with E-state index in [1.807, 2.05) is 68.4 Å². The van der Waals surface area contributed by atoms with Gasteiger partial charge < -0.3 is 4.74 Å². The maximum atomic E-state index is 12.4. The topological polar surface area (TPSA) is 93.8 Å². The molecule has 0 unspecified atom stereocenters. The van der Waals surface area contributed by atoms with Gasteiger partial charge in [0.2, 0.25) is 5.82 Å². The number of carbonyl (C=O) groups excluding carboxylic acids is 1. The Bertz CT molecular complexity index is 1270. The van der Waals surface area contributed by atoms with Crippen LogP contribution in [0.25, 0.3) is 5.78 Å². The molecule has 9 heteroatoms. The highest BCUT2D eigenvalue weighted by atomic mass is 35.5. The van der Waals surface area contributed by atoms with Crippen molar-refractivity contribution in [1.29, 1.82) is 0 Å². The van der Waals surface area contributed by atoms with Crippen LogP contribution in [0.15, 0.2) is 59.7 Å². The second-order valence-electron chi connectivity index (χ2n) is 6.84. The summed E-state index contributed by atoms with van der Waals surface area (Å²) in [6.45, 7) is 4.11. The van der Waals surface area contributed by atoms with E-state index >= 15 is 0 Å². The van der Waals surface area contributed by atoms with Crippen molar-refractivity contribution in [2.45, 2.75) is 20.5 Å². The number of carbonyl (C=O) groups is 1. The lowest BCUT2D eigenvalue weighted by atomic mass is 10.2. The Kier molecular flexibility index (Phi) is 5.90. The molecule has 0 aliphatic carbocycles. The highest BCUT2D eigenvalue weighted by Gasteiger charge is 2.14. The van der Waals surface area contributed by atoms with E-state index in [1.54, 1.807) is 0 Å². The molecule has 4 rings (SSSR count). The number of para-hydroxylation sites is 1. The van der Waals surface area contributed by atoms with Gasteiger partial charge in [-0.15, -0.1) is 5.10 Å². The Labute approximate surface area is 183 Å². The SMILES string of the molecule is Cc1cc(C)n2nc(C(=O)N/N=C\c3ccccc3OCc3ccc(Cl)cc3)nc2n1. The van der Waals surface area contributed by atoms with Crippen LogP contribution in [0, 0.1) is 13.8 Å². The van der Waals surface area contributed by atoms with E-state index in [0.717, 1.165) is 17.0 Å². The highest BCUT2D eigenvalue weighted by Crippen LogP contribution is 2.18. The molecule has 2 aromatic heterocycles. The summed E-state index contributed by atoms with van der Waals surface area (Å²) in [6.07, 6.45) is 1.51. The van der Waals surface area contributed by atoms with E-state index in [0.29, 0.717) is 28.7 Å². The number of hydrogen-bond acceptors (Lipinski definition) is 6. The van der Waals surface area contributed by atoms with Crippen molar-refractivity contribution in [2.24, 2.45) is 5.10 Å². The van der Waals surface area contributed by atoms with Crippen molar-refractivity contribution in [2.75, 3.05) is 0 Å². The number of ether oxygens (including phenoxy) is 1. The molecule has 0 radical (unpaired) electrons. The lowest BCUT2D eigenvalue weighted by molar-refractivity contribution is 0.0945. The molecule has 0 atom stereocenters. The summed E-state index contributed by atoms with van der Waals surface area (Å²) in [7, 11) is 0. The molecular weight excluding hydrogens is 416 g/mol. The Hall–Kier alpha value is -3.78. The number of rotatable bonds is 6. The van der Waals surface area contributed by atoms with E-state index < -0.39 is 5.91 Å². The van der Waals surface area contributed by atoms with Crippen molar-refractivity contribution in [3.63, 3.8) is 0 Å². The summed E-state index contributed by atoms with van der Waals surface area (Å²) in [6, 6.07) is 16.7. The van der Waals surface area contributed by atoms with Gasteiger partial charge in [-0.25, -0.2) is 14.9 Å². The Morgan fingerprint density at radius 1 is 1.16 bits per heavy atom. The molecule has 0 spiro atoms. The number of nitrogens with one attached hydrogen (secondary N) is 1. The second-order valence-corrected chi connectivity index (χ2v) is 7.27. The minimum Gasteiger partial charge on any atom is -0.488 e. The summed E-state index contributed by atoms with van der Waals surface area (Å²) in [4.78, 5) is 20.8. The molecule has 0 fully saturated rings. The van der Waals surface area contributed by atoms with Crippen LogP contribution in [0.5, 0.6) is 5.75 Å². The standard InChI is InChI=1S/C22H19ClN6O2/c1-14-11-15(2)29-22(25-14)26-20(28-29)21(30)27-24-12-17-5-3-4-6-19(17)31-13-16-7-9-18(23)10-8-16/h3-12H,13H2,1-2H3,(H,27,30)/b24-12-. The van der Waals surface area contributed by atoms with Crippen molar-refractivity contribution in [1.82, 2.24) is 25.0 Å². The molecule has 0 aliphatic heterocycles. The van der Waals surface area contributed by atoms with Gasteiger partial charge in [-0.2, -0.15) is 10.1 Å². The fourth-order valence-corrected chi connectivity index (χ4v) is 3.06. The fourth-order valence-electron chi connectivity index (χ4n) is 2.93. The third-order valence-electron chi connectivity index (χ3n) is 4.42. The number of fused-ring (bicyclic) bond motifs is 1. The molecule has 2 aromatic carbocycles. The molecule has 0 aliphatic rings. The maximum absolute atomic E-state index is 12.4. The van der Waals surface area contributed by atoms with Crippen LogP contribution in [0.2, 0.25) is 5.02 Å². The van der Waals surface area contributed by atoms with E-state index in [-0.39, 0.29) is 5.82 Å². The van der Waals surface area contributed by atoms with E-state index in [9.17, 15) is 4.79 Å². The molecule has 1 N–H and O–H groups in total. The molecule has 31 heavy (non-hydrogen) atoms. The Balaban J connectivity index is 1.43. The number of hydrazone groups is 1. The lowest BCUT2D eigenvalue weighted by Gasteiger charge is -2.09. The van der Waals surface area contributed by atoms with Crippen molar-refractivity contribution < 1.29 is 9.53 Å². The Morgan fingerprint density at radius 2 is 1.94 bits per heavy atom. The van der Waals surface area contributed by atoms with Crippen LogP contribution in [0.4, 0.5) is 0 Å². The van der Waals surface area contributed by atoms with Gasteiger partial charge in [0.1, 0.15) is 12.4 Å². The van der Waals surface area contributed by atoms with E-state index in [4.69, 9.17) is 16.3 Å². The predicted molar refractivity (Wildman–Crippen MR) is 118 cm³/mol. The summed E-state index contributed by atoms with van der Waals surface area (Å²) in [5.74, 6) is 0.466. The number of aromatic nitrogens is 4. The van der Waals surface area contributed by atoms with Crippen LogP contribution < -0.4 is 10.2 Å². The van der Waals surface area contributed by atoms with Crippen LogP contribution in [0.1, 0.15) is 33.1 Å². The van der Waals surface area contributed by atoms with Crippen LogP contribution in [0.3, 0.4) is 0 Å². The van der Waals surface area contributed by atoms with Crippen LogP contribution in [-0.2, 0) is 6.61 Å². The minimum atomic E-state index is -0.529. The predicted octanol–water partition coefficient (Wildman–Crippen LogP) is 3.74. The molecule has 2 heterocycles. The summed E-state index contributed by atoms with van der Waals surface area (Å²) >= 11 is 5.91. The molecule has 8 nitrogen and oxygen atoms in total. The number of nitrogens with zero attached hydrogens (tertiary/aromatic N) is 5. The molecule has 4 aromatic rings. The number of hydrogen-bond donors (Lipinski definition) is 1. The number of amides is 1. The van der Waals surface area contributed by atoms with Crippen LogP contribution >= 0.6 is 11.6 Å². The maximum Gasteiger partial charge on any atom is 0.311 e. The number of aryl methyl sites for hydroxylation is 2.